The van der Waals surface area contributed by atoms with Crippen LogP contribution >= 0.6 is 0 Å². The number of amidine groups is 1. The Morgan fingerprint density at radius 1 is 1.07 bits per heavy atom. The largest absolute Gasteiger partial charge is 0.378 e. The highest BCUT2D eigenvalue weighted by Gasteiger charge is 2.46. The molecule has 3 aliphatic rings. The highest BCUT2D eigenvalue weighted by molar-refractivity contribution is 6.11. The lowest BCUT2D eigenvalue weighted by atomic mass is 10.0. The van der Waals surface area contributed by atoms with Crippen molar-refractivity contribution in [2.75, 3.05) is 32.8 Å². The van der Waals surface area contributed by atoms with E-state index >= 15 is 13.2 Å². The number of alkyl halides is 2. The number of hydrogen-bond acceptors (Lipinski definition) is 6. The Morgan fingerprint density at radius 2 is 1.88 bits per heavy atom. The van der Waals surface area contributed by atoms with Crippen molar-refractivity contribution >= 4 is 28.4 Å². The number of hydrogen-bond donors (Lipinski definition) is 0. The fourth-order valence-corrected chi connectivity index (χ4v) is 4.75. The number of amides is 1. The molecule has 1 aromatic heterocycles. The first-order chi connectivity index (χ1) is 19.2. The van der Waals surface area contributed by atoms with Gasteiger partial charge in [0.15, 0.2) is 0 Å². The molecule has 0 aliphatic carbocycles. The van der Waals surface area contributed by atoms with Crippen LogP contribution in [0.3, 0.4) is 0 Å². The van der Waals surface area contributed by atoms with Gasteiger partial charge in [0.2, 0.25) is 5.84 Å². The van der Waals surface area contributed by atoms with Crippen molar-refractivity contribution in [2.45, 2.75) is 5.92 Å². The van der Waals surface area contributed by atoms with Crippen molar-refractivity contribution in [3.05, 3.63) is 94.5 Å². The van der Waals surface area contributed by atoms with Gasteiger partial charge in [-0.3, -0.25) is 14.5 Å². The lowest BCUT2D eigenvalue weighted by Gasteiger charge is -2.29. The van der Waals surface area contributed by atoms with Crippen molar-refractivity contribution in [1.82, 2.24) is 19.7 Å². The summed E-state index contributed by atoms with van der Waals surface area (Å²) < 4.78 is 68.7. The van der Waals surface area contributed by atoms with E-state index in [1.165, 1.54) is 46.1 Å². The summed E-state index contributed by atoms with van der Waals surface area (Å²) in [6.07, 6.45) is 5.98. The lowest BCUT2D eigenvalue weighted by Crippen LogP contribution is -2.41. The smallest absolute Gasteiger partial charge is 0.334 e. The number of halogens is 4. The molecule has 204 valence electrons. The van der Waals surface area contributed by atoms with Gasteiger partial charge in [-0.1, -0.05) is 11.8 Å². The predicted octanol–water partition coefficient (Wildman–Crippen LogP) is 4.14. The standard InChI is InChI=1S/C28H22F4N6O2/c1-36-16-18-13-21(23(30)15-25(18)34-36)28(31,32)27-33-8-2-3-19-5-7-24(35-38(19)27)17-4-6-20(22(29)14-17)26(39)37-9-11-40-12-10-37/h2,4-7,13-16H,8-12H2,1H3. The van der Waals surface area contributed by atoms with E-state index in [0.29, 0.717) is 31.7 Å². The quantitative estimate of drug-likeness (QED) is 0.362. The number of aromatic nitrogens is 2. The summed E-state index contributed by atoms with van der Waals surface area (Å²) in [6.45, 7) is 1.34. The van der Waals surface area contributed by atoms with Gasteiger partial charge in [-0.15, -0.1) is 0 Å². The van der Waals surface area contributed by atoms with Gasteiger partial charge in [-0.05, 0) is 36.4 Å². The second-order valence-electron chi connectivity index (χ2n) is 9.40. The minimum absolute atomic E-state index is 0.112. The third-order valence-corrected chi connectivity index (χ3v) is 6.74. The van der Waals surface area contributed by atoms with Crippen LogP contribution in [0.2, 0.25) is 0 Å². The molecule has 1 amide bonds. The Labute approximate surface area is 225 Å². The number of rotatable bonds is 4. The highest BCUT2D eigenvalue weighted by Crippen LogP contribution is 2.37. The van der Waals surface area contributed by atoms with E-state index in [2.05, 4.69) is 20.9 Å². The fourth-order valence-electron chi connectivity index (χ4n) is 4.75. The van der Waals surface area contributed by atoms with Gasteiger partial charge in [0, 0.05) is 43.4 Å². The van der Waals surface area contributed by atoms with Crippen LogP contribution in [0.1, 0.15) is 21.5 Å². The number of fused-ring (bicyclic) bond motifs is 2. The lowest BCUT2D eigenvalue weighted by molar-refractivity contribution is 0.0300. The van der Waals surface area contributed by atoms with Gasteiger partial charge in [-0.25, -0.2) is 13.8 Å². The van der Waals surface area contributed by atoms with Crippen LogP contribution in [0.15, 0.2) is 76.3 Å². The normalized spacial score (nSPS) is 17.4. The van der Waals surface area contributed by atoms with Gasteiger partial charge in [0.25, 0.3) is 5.91 Å². The molecule has 0 spiro atoms. The van der Waals surface area contributed by atoms with Gasteiger partial charge in [0.1, 0.15) is 17.3 Å². The molecule has 0 radical (unpaired) electrons. The maximum Gasteiger partial charge on any atom is 0.334 e. The topological polar surface area (TPSA) is 75.3 Å². The van der Waals surface area contributed by atoms with Crippen LogP contribution in [0, 0.1) is 11.6 Å². The number of hydrazone groups is 1. The zero-order chi connectivity index (χ0) is 28.0. The van der Waals surface area contributed by atoms with E-state index < -0.39 is 34.9 Å². The predicted molar refractivity (Wildman–Crippen MR) is 139 cm³/mol. The van der Waals surface area contributed by atoms with Crippen molar-refractivity contribution < 1.29 is 27.1 Å². The van der Waals surface area contributed by atoms with Gasteiger partial charge in [-0.2, -0.15) is 19.0 Å². The molecule has 40 heavy (non-hydrogen) atoms. The maximum atomic E-state index is 16.0. The number of aryl methyl sites for hydroxylation is 1. The van der Waals surface area contributed by atoms with Crippen molar-refractivity contribution in [2.24, 2.45) is 17.1 Å². The Morgan fingerprint density at radius 3 is 2.65 bits per heavy atom. The molecular weight excluding hydrogens is 528 g/mol. The Hall–Kier alpha value is -4.54. The maximum absolute atomic E-state index is 16.0. The van der Waals surface area contributed by atoms with Gasteiger partial charge >= 0.3 is 5.92 Å². The zero-order valence-electron chi connectivity index (χ0n) is 21.2. The SMILES string of the molecule is Cn1cc2cc(C(F)(F)C3=NCC=C=C4C=CC(c5ccc(C(=O)N6CCOCC6)c(F)c5)=NN43)c(F)cc2n1. The molecule has 2 aromatic carbocycles. The molecule has 0 bridgehead atoms. The molecule has 1 fully saturated rings. The summed E-state index contributed by atoms with van der Waals surface area (Å²) >= 11 is 0. The zero-order valence-corrected chi connectivity index (χ0v) is 21.2. The van der Waals surface area contributed by atoms with Crippen LogP contribution in [0.4, 0.5) is 17.6 Å². The van der Waals surface area contributed by atoms with Crippen molar-refractivity contribution in [1.29, 1.82) is 0 Å². The Kier molecular flexibility index (Phi) is 6.36. The van der Waals surface area contributed by atoms with Crippen LogP contribution in [-0.4, -0.2) is 70.0 Å². The molecule has 0 saturated carbocycles. The summed E-state index contributed by atoms with van der Waals surface area (Å²) in [4.78, 5) is 18.3. The second kappa shape index (κ2) is 9.89. The highest BCUT2D eigenvalue weighted by atomic mass is 19.3. The first-order valence-corrected chi connectivity index (χ1v) is 12.5. The number of ether oxygens (including phenoxy) is 1. The van der Waals surface area contributed by atoms with E-state index in [0.717, 1.165) is 23.2 Å². The number of carbonyl (C=O) groups excluding carboxylic acids is 1. The molecule has 3 aliphatic heterocycles. The van der Waals surface area contributed by atoms with Crippen molar-refractivity contribution in [3.8, 4) is 0 Å². The Bertz CT molecular complexity index is 1690. The number of carbonyl (C=O) groups is 1. The second-order valence-corrected chi connectivity index (χ2v) is 9.40. The summed E-state index contributed by atoms with van der Waals surface area (Å²) in [5.41, 5.74) is 2.66. The summed E-state index contributed by atoms with van der Waals surface area (Å²) in [7, 11) is 1.61. The molecule has 3 aromatic rings. The van der Waals surface area contributed by atoms with E-state index in [4.69, 9.17) is 4.74 Å². The van der Waals surface area contributed by atoms with E-state index in [9.17, 15) is 9.18 Å². The van der Waals surface area contributed by atoms with Gasteiger partial charge in [0.05, 0.1) is 42.1 Å². The third kappa shape index (κ3) is 4.51. The van der Waals surface area contributed by atoms with E-state index in [-0.39, 0.29) is 34.6 Å². The number of morpholine rings is 1. The average molecular weight is 551 g/mol. The molecule has 12 heteroatoms. The molecule has 1 saturated heterocycles. The first kappa shape index (κ1) is 25.7. The first-order valence-electron chi connectivity index (χ1n) is 12.5. The number of nitrogens with zero attached hydrogens (tertiary/aromatic N) is 6. The van der Waals surface area contributed by atoms with Gasteiger partial charge < -0.3 is 9.64 Å². The number of allylic oxidation sites excluding steroid dienone is 1. The summed E-state index contributed by atoms with van der Waals surface area (Å²) in [5, 5.41) is 9.61. The van der Waals surface area contributed by atoms with Crippen LogP contribution < -0.4 is 0 Å². The summed E-state index contributed by atoms with van der Waals surface area (Å²) in [6, 6.07) is 5.97. The average Bonchev–Trinajstić information content (AvgIpc) is 3.16. The molecule has 4 heterocycles. The third-order valence-electron chi connectivity index (χ3n) is 6.74. The minimum atomic E-state index is -3.89. The van der Waals surface area contributed by atoms with Crippen LogP contribution in [-0.2, 0) is 17.7 Å². The molecular formula is C28H22F4N6O2. The van der Waals surface area contributed by atoms with Crippen LogP contribution in [0.25, 0.3) is 10.9 Å². The van der Waals surface area contributed by atoms with Crippen LogP contribution in [0.5, 0.6) is 0 Å². The molecule has 8 nitrogen and oxygen atoms in total. The monoisotopic (exact) mass is 550 g/mol. The Balaban J connectivity index is 1.35. The van der Waals surface area contributed by atoms with E-state index in [1.807, 2.05) is 0 Å². The van der Waals surface area contributed by atoms with E-state index in [1.54, 1.807) is 7.05 Å². The summed E-state index contributed by atoms with van der Waals surface area (Å²) in [5.74, 6) is -7.07. The van der Waals surface area contributed by atoms with Crippen molar-refractivity contribution in [3.63, 3.8) is 0 Å². The minimum Gasteiger partial charge on any atom is -0.378 e. The fraction of sp³-hybridized carbons (Fsp3) is 0.250. The molecule has 0 unspecified atom stereocenters. The molecule has 6 rings (SSSR count). The number of benzene rings is 2. The molecule has 0 atom stereocenters. The molecule has 0 N–H and O–H groups in total. The number of aliphatic imine (C=N–C) groups is 1.